The number of hydrogen-bond acceptors (Lipinski definition) is 5. The van der Waals surface area contributed by atoms with Crippen molar-refractivity contribution in [3.05, 3.63) is 59.8 Å². The lowest BCUT2D eigenvalue weighted by atomic mass is 10.0. The highest BCUT2D eigenvalue weighted by atomic mass is 32.2. The summed E-state index contributed by atoms with van der Waals surface area (Å²) in [4.78, 5) is 30.3. The van der Waals surface area contributed by atoms with Crippen LogP contribution >= 0.6 is 0 Å². The van der Waals surface area contributed by atoms with Crippen LogP contribution in [0.3, 0.4) is 0 Å². The van der Waals surface area contributed by atoms with Crippen molar-refractivity contribution in [1.82, 2.24) is 13.8 Å². The number of benzene rings is 2. The number of nitrogens with zero attached hydrogens (tertiary/aromatic N) is 4. The molecule has 9 nitrogen and oxygen atoms in total. The largest absolute Gasteiger partial charge is 0.379 e. The van der Waals surface area contributed by atoms with Crippen LogP contribution in [0.1, 0.15) is 36.8 Å². The van der Waals surface area contributed by atoms with Crippen LogP contribution in [0.5, 0.6) is 0 Å². The van der Waals surface area contributed by atoms with Gasteiger partial charge in [0, 0.05) is 67.0 Å². The summed E-state index contributed by atoms with van der Waals surface area (Å²) in [7, 11) is -2.03. The molecule has 0 radical (unpaired) electrons. The average Bonchev–Trinajstić information content (AvgIpc) is 3.25. The second-order valence-corrected chi connectivity index (χ2v) is 12.6. The summed E-state index contributed by atoms with van der Waals surface area (Å²) in [6, 6.07) is 12.7. The molecule has 0 aliphatic carbocycles. The maximum Gasteiger partial charge on any atom is 0.258 e. The van der Waals surface area contributed by atoms with Crippen molar-refractivity contribution in [2.45, 2.75) is 37.1 Å². The van der Waals surface area contributed by atoms with E-state index < -0.39 is 10.0 Å². The highest BCUT2D eigenvalue weighted by Gasteiger charge is 2.33. The van der Waals surface area contributed by atoms with Crippen LogP contribution in [-0.2, 0) is 30.9 Å². The number of carbonyl (C=O) groups excluding carboxylic acids is 2. The first-order valence-corrected chi connectivity index (χ1v) is 15.4. The number of likely N-dealkylation sites (tertiary alicyclic amines) is 1. The lowest BCUT2D eigenvalue weighted by molar-refractivity contribution is -0.131. The monoisotopic (exact) mass is 562 g/mol. The summed E-state index contributed by atoms with van der Waals surface area (Å²) in [6.07, 6.45) is 8.14. The van der Waals surface area contributed by atoms with Crippen molar-refractivity contribution in [2.24, 2.45) is 0 Å². The molecule has 6 rings (SSSR count). The quantitative estimate of drug-likeness (QED) is 0.444. The molecule has 0 atom stereocenters. The second-order valence-electron chi connectivity index (χ2n) is 10.6. The fourth-order valence-corrected chi connectivity index (χ4v) is 7.34. The molecule has 2 aromatic carbocycles. The topological polar surface area (TPSA) is 92.2 Å². The highest BCUT2D eigenvalue weighted by Crippen LogP contribution is 2.39. The Hall–Kier alpha value is -3.47. The Morgan fingerprint density at radius 1 is 0.975 bits per heavy atom. The molecular formula is C30H34N4O5S. The Kier molecular flexibility index (Phi) is 7.24. The molecular weight excluding hydrogens is 528 g/mol. The van der Waals surface area contributed by atoms with Crippen LogP contribution in [0.4, 0.5) is 5.69 Å². The maximum atomic E-state index is 13.4. The van der Waals surface area contributed by atoms with Gasteiger partial charge >= 0.3 is 0 Å². The first-order chi connectivity index (χ1) is 19.3. The lowest BCUT2D eigenvalue weighted by Gasteiger charge is -2.26. The molecule has 1 aromatic heterocycles. The maximum absolute atomic E-state index is 13.4. The molecule has 0 bridgehead atoms. The third-order valence-electron chi connectivity index (χ3n) is 8.15. The standard InChI is InChI=1S/C30H34N4O5S/c1-31-27-11-10-23(40(37,38)34-14-16-39-17-15-34)19-25(27)26(30(31)36)18-22-20-33(28-9-5-4-8-24(22)28)21-29(35)32-12-6-2-3-7-13-32/h4-5,8-11,18-20H,2-3,6-7,12-17,21H2,1H3/b26-18-. The predicted octanol–water partition coefficient (Wildman–Crippen LogP) is 3.58. The molecule has 2 saturated heterocycles. The number of aromatic nitrogens is 1. The van der Waals surface area contributed by atoms with Gasteiger partial charge in [-0.3, -0.25) is 9.59 Å². The van der Waals surface area contributed by atoms with Gasteiger partial charge in [-0.15, -0.1) is 0 Å². The summed E-state index contributed by atoms with van der Waals surface area (Å²) < 4.78 is 35.4. The summed E-state index contributed by atoms with van der Waals surface area (Å²) in [5.74, 6) is -0.102. The predicted molar refractivity (Wildman–Crippen MR) is 154 cm³/mol. The molecule has 0 spiro atoms. The van der Waals surface area contributed by atoms with Gasteiger partial charge in [0.25, 0.3) is 5.91 Å². The van der Waals surface area contributed by atoms with Gasteiger partial charge in [0.2, 0.25) is 15.9 Å². The van der Waals surface area contributed by atoms with Crippen molar-refractivity contribution < 1.29 is 22.7 Å². The van der Waals surface area contributed by atoms with E-state index in [0.717, 1.165) is 55.2 Å². The van der Waals surface area contributed by atoms with E-state index in [9.17, 15) is 18.0 Å². The minimum Gasteiger partial charge on any atom is -0.379 e. The van der Waals surface area contributed by atoms with E-state index in [-0.39, 0.29) is 23.3 Å². The van der Waals surface area contributed by atoms with E-state index in [1.807, 2.05) is 46.0 Å². The van der Waals surface area contributed by atoms with Crippen molar-refractivity contribution in [3.8, 4) is 0 Å². The molecule has 2 fully saturated rings. The molecule has 210 valence electrons. The highest BCUT2D eigenvalue weighted by molar-refractivity contribution is 7.89. The van der Waals surface area contributed by atoms with E-state index in [0.29, 0.717) is 43.1 Å². The third-order valence-corrected chi connectivity index (χ3v) is 10.0. The number of ether oxygens (including phenoxy) is 1. The smallest absolute Gasteiger partial charge is 0.258 e. The first kappa shape index (κ1) is 26.7. The van der Waals surface area contributed by atoms with E-state index in [1.54, 1.807) is 30.1 Å². The van der Waals surface area contributed by atoms with Crippen LogP contribution in [0.25, 0.3) is 22.6 Å². The molecule has 0 N–H and O–H groups in total. The number of amides is 2. The third kappa shape index (κ3) is 4.84. The molecule has 3 aliphatic heterocycles. The van der Waals surface area contributed by atoms with Crippen LogP contribution in [0, 0.1) is 0 Å². The fraction of sp³-hybridized carbons (Fsp3) is 0.400. The summed E-state index contributed by atoms with van der Waals surface area (Å²) in [6.45, 7) is 3.15. The summed E-state index contributed by atoms with van der Waals surface area (Å²) in [5, 5.41) is 0.930. The lowest BCUT2D eigenvalue weighted by Crippen LogP contribution is -2.40. The molecule has 2 amide bonds. The Labute approximate surface area is 234 Å². The zero-order valence-electron chi connectivity index (χ0n) is 22.7. The number of hydrogen-bond donors (Lipinski definition) is 0. The number of morpholine rings is 1. The number of rotatable bonds is 5. The molecule has 3 aromatic rings. The number of anilines is 1. The Balaban J connectivity index is 1.37. The molecule has 4 heterocycles. The van der Waals surface area contributed by atoms with Crippen molar-refractivity contribution in [2.75, 3.05) is 51.3 Å². The second kappa shape index (κ2) is 10.8. The van der Waals surface area contributed by atoms with Gasteiger partial charge in [-0.25, -0.2) is 8.42 Å². The molecule has 40 heavy (non-hydrogen) atoms. The van der Waals surface area contributed by atoms with Gasteiger partial charge in [0.15, 0.2) is 0 Å². The minimum absolute atomic E-state index is 0.0989. The van der Waals surface area contributed by atoms with Crippen molar-refractivity contribution in [3.63, 3.8) is 0 Å². The average molecular weight is 563 g/mol. The Morgan fingerprint density at radius 3 is 2.45 bits per heavy atom. The van der Waals surface area contributed by atoms with E-state index in [4.69, 9.17) is 4.74 Å². The number of likely N-dealkylation sites (N-methyl/N-ethyl adjacent to an activating group) is 1. The normalized spacial score (nSPS) is 19.8. The van der Waals surface area contributed by atoms with Crippen LogP contribution in [0.2, 0.25) is 0 Å². The van der Waals surface area contributed by atoms with Gasteiger partial charge in [-0.1, -0.05) is 31.0 Å². The van der Waals surface area contributed by atoms with Crippen LogP contribution in [0.15, 0.2) is 53.6 Å². The molecule has 10 heteroatoms. The summed E-state index contributed by atoms with van der Waals surface area (Å²) in [5.41, 5.74) is 3.40. The van der Waals surface area contributed by atoms with Crippen molar-refractivity contribution >= 4 is 50.1 Å². The first-order valence-electron chi connectivity index (χ1n) is 13.9. The molecule has 0 unspecified atom stereocenters. The van der Waals surface area contributed by atoms with Gasteiger partial charge in [-0.2, -0.15) is 4.31 Å². The van der Waals surface area contributed by atoms with Gasteiger partial charge in [0.05, 0.1) is 23.8 Å². The fourth-order valence-electron chi connectivity index (χ4n) is 5.91. The molecule has 0 saturated carbocycles. The SMILES string of the molecule is CN1C(=O)/C(=C\c2cn(CC(=O)N3CCCCCC3)c3ccccc23)c2cc(S(=O)(=O)N3CCOCC3)ccc21. The van der Waals surface area contributed by atoms with E-state index >= 15 is 0 Å². The number of fused-ring (bicyclic) bond motifs is 2. The van der Waals surface area contributed by atoms with Crippen LogP contribution in [-0.4, -0.2) is 80.4 Å². The van der Waals surface area contributed by atoms with E-state index in [2.05, 4.69) is 0 Å². The summed E-state index contributed by atoms with van der Waals surface area (Å²) >= 11 is 0. The Bertz CT molecular complexity index is 1600. The zero-order chi connectivity index (χ0) is 27.9. The number of carbonyl (C=O) groups is 2. The van der Waals surface area contributed by atoms with Crippen molar-refractivity contribution in [1.29, 1.82) is 0 Å². The van der Waals surface area contributed by atoms with Gasteiger partial charge in [-0.05, 0) is 43.2 Å². The van der Waals surface area contributed by atoms with Crippen LogP contribution < -0.4 is 4.90 Å². The Morgan fingerprint density at radius 2 is 1.70 bits per heavy atom. The van der Waals surface area contributed by atoms with E-state index in [1.165, 1.54) is 4.31 Å². The number of sulfonamides is 1. The number of para-hydroxylation sites is 1. The molecule has 3 aliphatic rings. The van der Waals surface area contributed by atoms with Gasteiger partial charge < -0.3 is 19.1 Å². The zero-order valence-corrected chi connectivity index (χ0v) is 23.5. The minimum atomic E-state index is -3.72. The van der Waals surface area contributed by atoms with Gasteiger partial charge in [0.1, 0.15) is 6.54 Å².